The summed E-state index contributed by atoms with van der Waals surface area (Å²) >= 11 is 0. The third-order valence-corrected chi connectivity index (χ3v) is 5.93. The van der Waals surface area contributed by atoms with E-state index in [2.05, 4.69) is 19.7 Å². The highest BCUT2D eigenvalue weighted by atomic mass is 35.5. The van der Waals surface area contributed by atoms with Gasteiger partial charge in [0.1, 0.15) is 11.6 Å². The molecule has 0 aromatic carbocycles. The molecular weight excluding hydrogens is 361 g/mol. The lowest BCUT2D eigenvalue weighted by atomic mass is 9.94. The average molecular weight is 390 g/mol. The van der Waals surface area contributed by atoms with E-state index >= 15 is 0 Å². The first-order valence-electron chi connectivity index (χ1n) is 9.17. The molecule has 0 spiro atoms. The zero-order chi connectivity index (χ0) is 15.8. The summed E-state index contributed by atoms with van der Waals surface area (Å²) in [5.74, 6) is 3.26. The Hall–Kier alpha value is -0.850. The van der Waals surface area contributed by atoms with Crippen LogP contribution in [0.1, 0.15) is 62.5 Å². The van der Waals surface area contributed by atoms with E-state index in [1.54, 1.807) is 0 Å². The molecule has 0 radical (unpaired) electrons. The summed E-state index contributed by atoms with van der Waals surface area (Å²) in [6, 6.07) is 0.222. The van der Waals surface area contributed by atoms with E-state index in [1.165, 1.54) is 12.8 Å². The van der Waals surface area contributed by atoms with E-state index in [0.717, 1.165) is 63.4 Å². The highest BCUT2D eigenvalue weighted by Crippen LogP contribution is 2.31. The van der Waals surface area contributed by atoms with Gasteiger partial charge in [0.25, 0.3) is 0 Å². The van der Waals surface area contributed by atoms with Crippen molar-refractivity contribution >= 4 is 30.7 Å². The summed E-state index contributed by atoms with van der Waals surface area (Å²) in [6.45, 7) is 2.73. The molecule has 2 N–H and O–H groups in total. The first-order valence-corrected chi connectivity index (χ1v) is 9.17. The van der Waals surface area contributed by atoms with Gasteiger partial charge >= 0.3 is 0 Å². The van der Waals surface area contributed by atoms with Crippen LogP contribution in [0.2, 0.25) is 0 Å². The van der Waals surface area contributed by atoms with E-state index in [9.17, 15) is 4.79 Å². The van der Waals surface area contributed by atoms with E-state index in [-0.39, 0.29) is 30.9 Å². The van der Waals surface area contributed by atoms with Crippen LogP contribution < -0.4 is 5.73 Å². The number of fused-ring (bicyclic) bond motifs is 1. The molecule has 3 aliphatic rings. The fraction of sp³-hybridized carbons (Fsp3) is 0.824. The van der Waals surface area contributed by atoms with Gasteiger partial charge in [-0.1, -0.05) is 6.42 Å². The summed E-state index contributed by atoms with van der Waals surface area (Å²) in [4.78, 5) is 14.7. The van der Waals surface area contributed by atoms with Gasteiger partial charge in [0.15, 0.2) is 0 Å². The molecule has 2 fully saturated rings. The molecule has 1 unspecified atom stereocenters. The summed E-state index contributed by atoms with van der Waals surface area (Å²) in [6.07, 6.45) is 8.39. The second-order valence-electron chi connectivity index (χ2n) is 7.47. The lowest BCUT2D eigenvalue weighted by Gasteiger charge is -2.33. The number of hydrogen-bond donors (Lipinski definition) is 1. The molecule has 4 rings (SSSR count). The molecule has 3 heterocycles. The molecule has 1 saturated carbocycles. The molecule has 8 heteroatoms. The van der Waals surface area contributed by atoms with Crippen LogP contribution in [0, 0.1) is 5.92 Å². The van der Waals surface area contributed by atoms with Gasteiger partial charge in [-0.3, -0.25) is 4.79 Å². The van der Waals surface area contributed by atoms with Gasteiger partial charge in [-0.25, -0.2) is 0 Å². The zero-order valence-electron chi connectivity index (χ0n) is 14.6. The van der Waals surface area contributed by atoms with E-state index in [1.807, 2.05) is 0 Å². The smallest absolute Gasteiger partial charge is 0.222 e. The summed E-state index contributed by atoms with van der Waals surface area (Å²) in [5.41, 5.74) is 6.13. The van der Waals surface area contributed by atoms with E-state index in [0.29, 0.717) is 24.2 Å². The number of aromatic nitrogens is 3. The van der Waals surface area contributed by atoms with Crippen molar-refractivity contribution < 1.29 is 4.79 Å². The van der Waals surface area contributed by atoms with Crippen LogP contribution in [0.15, 0.2) is 0 Å². The van der Waals surface area contributed by atoms with Crippen molar-refractivity contribution in [1.82, 2.24) is 19.7 Å². The predicted octanol–water partition coefficient (Wildman–Crippen LogP) is 2.29. The Morgan fingerprint density at radius 3 is 2.68 bits per heavy atom. The molecular formula is C17H29Cl2N5O. The number of hydrogen-bond acceptors (Lipinski definition) is 4. The monoisotopic (exact) mass is 389 g/mol. The van der Waals surface area contributed by atoms with Crippen LogP contribution in [0.25, 0.3) is 0 Å². The van der Waals surface area contributed by atoms with Gasteiger partial charge in [0.05, 0.1) is 0 Å². The van der Waals surface area contributed by atoms with Crippen molar-refractivity contribution in [3.8, 4) is 0 Å². The molecule has 142 valence electrons. The molecule has 25 heavy (non-hydrogen) atoms. The minimum atomic E-state index is 0. The quantitative estimate of drug-likeness (QED) is 0.859. The Labute approximate surface area is 161 Å². The Morgan fingerprint density at radius 1 is 1.08 bits per heavy atom. The summed E-state index contributed by atoms with van der Waals surface area (Å²) in [7, 11) is 0. The van der Waals surface area contributed by atoms with Crippen LogP contribution in [0.5, 0.6) is 0 Å². The van der Waals surface area contributed by atoms with Crippen LogP contribution in [-0.4, -0.2) is 44.7 Å². The van der Waals surface area contributed by atoms with E-state index in [4.69, 9.17) is 5.73 Å². The fourth-order valence-corrected chi connectivity index (χ4v) is 4.56. The lowest BCUT2D eigenvalue weighted by molar-refractivity contribution is -0.133. The maximum Gasteiger partial charge on any atom is 0.222 e. The molecule has 3 atom stereocenters. The number of nitrogens with two attached hydrogens (primary N) is 1. The van der Waals surface area contributed by atoms with Crippen molar-refractivity contribution in [1.29, 1.82) is 0 Å². The number of likely N-dealkylation sites (tertiary alicyclic amines) is 1. The highest BCUT2D eigenvalue weighted by molar-refractivity contribution is 5.85. The predicted molar refractivity (Wildman–Crippen MR) is 101 cm³/mol. The first kappa shape index (κ1) is 20.5. The Kier molecular flexibility index (Phi) is 7.11. The number of piperidine rings is 1. The number of aryl methyl sites for hydroxylation is 1. The van der Waals surface area contributed by atoms with Gasteiger partial charge in [0, 0.05) is 44.4 Å². The minimum Gasteiger partial charge on any atom is -0.342 e. The lowest BCUT2D eigenvalue weighted by Crippen LogP contribution is -2.41. The second-order valence-corrected chi connectivity index (χ2v) is 7.47. The van der Waals surface area contributed by atoms with Gasteiger partial charge in [-0.05, 0) is 38.0 Å². The van der Waals surface area contributed by atoms with Crippen molar-refractivity contribution in [2.24, 2.45) is 11.7 Å². The molecule has 1 amide bonds. The number of nitrogens with zero attached hydrogens (tertiary/aromatic N) is 4. The standard InChI is InChI=1S/C17H27N5O.2ClH/c18-14-6-1-4-12(14)10-16(23)21-8-2-5-13(11-21)17-20-19-15-7-3-9-22(15)17;;/h12-14H,1-11,18H2;2*1H/t12-,13?,14+;;/m0../s1. The number of carbonyl (C=O) groups excluding carboxylic acids is 1. The maximum atomic E-state index is 12.7. The molecule has 1 aromatic heterocycles. The van der Waals surface area contributed by atoms with Crippen LogP contribution in [0.4, 0.5) is 0 Å². The number of amides is 1. The van der Waals surface area contributed by atoms with Crippen LogP contribution in [0.3, 0.4) is 0 Å². The third-order valence-electron chi connectivity index (χ3n) is 5.93. The third kappa shape index (κ3) is 4.12. The first-order chi connectivity index (χ1) is 11.2. The van der Waals surface area contributed by atoms with Gasteiger partial charge in [0.2, 0.25) is 5.91 Å². The second kappa shape index (κ2) is 8.69. The topological polar surface area (TPSA) is 77.0 Å². The highest BCUT2D eigenvalue weighted by Gasteiger charge is 2.32. The average Bonchev–Trinajstić information content (AvgIpc) is 3.25. The Morgan fingerprint density at radius 2 is 1.92 bits per heavy atom. The van der Waals surface area contributed by atoms with E-state index < -0.39 is 0 Å². The van der Waals surface area contributed by atoms with Crippen LogP contribution in [-0.2, 0) is 17.8 Å². The maximum absolute atomic E-state index is 12.7. The number of halogens is 2. The van der Waals surface area contributed by atoms with Crippen molar-refractivity contribution in [2.45, 2.75) is 69.9 Å². The Bertz CT molecular complexity index is 594. The van der Waals surface area contributed by atoms with Gasteiger partial charge < -0.3 is 15.2 Å². The molecule has 0 bridgehead atoms. The molecule has 2 aliphatic heterocycles. The number of carbonyl (C=O) groups is 1. The number of rotatable bonds is 3. The van der Waals surface area contributed by atoms with Crippen molar-refractivity contribution in [3.63, 3.8) is 0 Å². The minimum absolute atomic E-state index is 0. The Balaban J connectivity index is 0.00000113. The van der Waals surface area contributed by atoms with Crippen LogP contribution >= 0.6 is 24.8 Å². The summed E-state index contributed by atoms with van der Waals surface area (Å²) < 4.78 is 2.28. The molecule has 1 aromatic rings. The zero-order valence-corrected chi connectivity index (χ0v) is 16.2. The van der Waals surface area contributed by atoms with Crippen molar-refractivity contribution in [3.05, 3.63) is 11.6 Å². The largest absolute Gasteiger partial charge is 0.342 e. The summed E-state index contributed by atoms with van der Waals surface area (Å²) in [5, 5.41) is 8.75. The van der Waals surface area contributed by atoms with Gasteiger partial charge in [-0.2, -0.15) is 0 Å². The normalized spacial score (nSPS) is 28.2. The fourth-order valence-electron chi connectivity index (χ4n) is 4.56. The molecule has 1 aliphatic carbocycles. The van der Waals surface area contributed by atoms with Crippen molar-refractivity contribution in [2.75, 3.05) is 13.1 Å². The molecule has 6 nitrogen and oxygen atoms in total. The SMILES string of the molecule is Cl.Cl.N[C@@H]1CCC[C@H]1CC(=O)N1CCCC(c2nnc3n2CCC3)C1. The van der Waals surface area contributed by atoms with Gasteiger partial charge in [-0.15, -0.1) is 35.0 Å². The molecule has 1 saturated heterocycles.